The zero-order valence-corrected chi connectivity index (χ0v) is 12.1. The summed E-state index contributed by atoms with van der Waals surface area (Å²) in [5.74, 6) is 1.03. The second kappa shape index (κ2) is 6.43. The van der Waals surface area contributed by atoms with Crippen molar-refractivity contribution in [3.05, 3.63) is 40.5 Å². The number of amides is 1. The Bertz CT molecular complexity index is 610. The lowest BCUT2D eigenvalue weighted by molar-refractivity contribution is -0.118. The van der Waals surface area contributed by atoms with E-state index in [9.17, 15) is 4.79 Å². The summed E-state index contributed by atoms with van der Waals surface area (Å²) in [5, 5.41) is 10.0. The van der Waals surface area contributed by atoms with Gasteiger partial charge in [-0.15, -0.1) is 0 Å². The maximum absolute atomic E-state index is 11.8. The summed E-state index contributed by atoms with van der Waals surface area (Å²) in [6.45, 7) is 3.81. The minimum atomic E-state index is -0.238. The molecule has 0 radical (unpaired) electrons. The van der Waals surface area contributed by atoms with E-state index in [-0.39, 0.29) is 12.5 Å². The number of halogens is 1. The molecule has 6 heteroatoms. The van der Waals surface area contributed by atoms with E-state index in [4.69, 9.17) is 16.3 Å². The molecule has 0 spiro atoms. The Balaban J connectivity index is 1.92. The Hall–Kier alpha value is -2.01. The number of aromatic amines is 1. The van der Waals surface area contributed by atoms with Crippen molar-refractivity contribution < 1.29 is 9.53 Å². The van der Waals surface area contributed by atoms with Crippen LogP contribution in [0.4, 0.5) is 5.82 Å². The van der Waals surface area contributed by atoms with Crippen LogP contribution in [0.25, 0.3) is 0 Å². The lowest BCUT2D eigenvalue weighted by Gasteiger charge is -2.09. The zero-order valence-electron chi connectivity index (χ0n) is 11.4. The van der Waals surface area contributed by atoms with Gasteiger partial charge in [-0.2, -0.15) is 5.10 Å². The first kappa shape index (κ1) is 14.4. The molecule has 1 aromatic heterocycles. The molecule has 20 heavy (non-hydrogen) atoms. The molecule has 0 saturated carbocycles. The predicted molar refractivity (Wildman–Crippen MR) is 78.3 cm³/mol. The van der Waals surface area contributed by atoms with E-state index in [0.717, 1.165) is 17.5 Å². The number of carbonyl (C=O) groups is 1. The number of ether oxygens (including phenoxy) is 1. The maximum Gasteiger partial charge on any atom is 0.263 e. The first-order chi connectivity index (χ1) is 9.60. The monoisotopic (exact) mass is 293 g/mol. The molecule has 0 aliphatic rings. The van der Waals surface area contributed by atoms with Crippen LogP contribution >= 0.6 is 11.6 Å². The number of hydrogen-bond acceptors (Lipinski definition) is 3. The summed E-state index contributed by atoms with van der Waals surface area (Å²) in [6, 6.07) is 5.27. The molecule has 2 rings (SSSR count). The molecule has 0 unspecified atom stereocenters. The van der Waals surface area contributed by atoms with Gasteiger partial charge in [0.2, 0.25) is 0 Å². The molecule has 5 nitrogen and oxygen atoms in total. The van der Waals surface area contributed by atoms with E-state index in [1.54, 1.807) is 24.4 Å². The minimum absolute atomic E-state index is 0.0648. The average Bonchev–Trinajstić information content (AvgIpc) is 2.85. The lowest BCUT2D eigenvalue weighted by atomic mass is 10.2. The third-order valence-electron chi connectivity index (χ3n) is 2.86. The normalized spacial score (nSPS) is 10.3. The average molecular weight is 294 g/mol. The molecule has 106 valence electrons. The van der Waals surface area contributed by atoms with Gasteiger partial charge in [-0.3, -0.25) is 9.89 Å². The third kappa shape index (κ3) is 3.51. The van der Waals surface area contributed by atoms with Crippen LogP contribution in [0, 0.1) is 6.92 Å². The third-order valence-corrected chi connectivity index (χ3v) is 3.09. The number of aryl methyl sites for hydroxylation is 2. The van der Waals surface area contributed by atoms with E-state index in [2.05, 4.69) is 15.5 Å². The Morgan fingerprint density at radius 3 is 3.00 bits per heavy atom. The number of hydrogen-bond donors (Lipinski definition) is 2. The van der Waals surface area contributed by atoms with Gasteiger partial charge in [-0.1, -0.05) is 18.5 Å². The fraction of sp³-hybridized carbons (Fsp3) is 0.286. The number of nitrogens with zero attached hydrogens (tertiary/aromatic N) is 1. The molecule has 0 aliphatic heterocycles. The minimum Gasteiger partial charge on any atom is -0.483 e. The molecular formula is C14H16ClN3O2. The van der Waals surface area contributed by atoms with Crippen molar-refractivity contribution in [2.24, 2.45) is 0 Å². The van der Waals surface area contributed by atoms with Gasteiger partial charge in [-0.25, -0.2) is 0 Å². The van der Waals surface area contributed by atoms with Gasteiger partial charge in [0.1, 0.15) is 11.6 Å². The van der Waals surface area contributed by atoms with Gasteiger partial charge < -0.3 is 10.1 Å². The lowest BCUT2D eigenvalue weighted by Crippen LogP contribution is -2.21. The number of nitrogens with one attached hydrogen (secondary N) is 2. The van der Waals surface area contributed by atoms with E-state index < -0.39 is 0 Å². The first-order valence-corrected chi connectivity index (χ1v) is 6.69. The van der Waals surface area contributed by atoms with Crippen molar-refractivity contribution in [3.8, 4) is 5.75 Å². The molecule has 2 aromatic rings. The Morgan fingerprint density at radius 1 is 1.50 bits per heavy atom. The number of aromatic nitrogens is 2. The van der Waals surface area contributed by atoms with Crippen molar-refractivity contribution >= 4 is 23.3 Å². The van der Waals surface area contributed by atoms with Crippen LogP contribution in [-0.2, 0) is 11.2 Å². The Morgan fingerprint density at radius 2 is 2.30 bits per heavy atom. The molecule has 0 saturated heterocycles. The van der Waals surface area contributed by atoms with Crippen LogP contribution in [-0.4, -0.2) is 22.7 Å². The Labute approximate surface area is 122 Å². The molecule has 1 aromatic carbocycles. The second-order valence-electron chi connectivity index (χ2n) is 4.37. The largest absolute Gasteiger partial charge is 0.483 e. The number of benzene rings is 1. The highest BCUT2D eigenvalue weighted by atomic mass is 35.5. The van der Waals surface area contributed by atoms with Crippen molar-refractivity contribution in [2.45, 2.75) is 20.3 Å². The van der Waals surface area contributed by atoms with E-state index in [1.807, 2.05) is 13.8 Å². The second-order valence-corrected chi connectivity index (χ2v) is 4.81. The van der Waals surface area contributed by atoms with E-state index in [1.165, 1.54) is 0 Å². The quantitative estimate of drug-likeness (QED) is 0.890. The molecule has 1 amide bonds. The molecule has 0 fully saturated rings. The first-order valence-electron chi connectivity index (χ1n) is 6.31. The van der Waals surface area contributed by atoms with Crippen LogP contribution in [0.15, 0.2) is 24.4 Å². The summed E-state index contributed by atoms with van der Waals surface area (Å²) in [6.07, 6.45) is 2.49. The fourth-order valence-electron chi connectivity index (χ4n) is 1.78. The smallest absolute Gasteiger partial charge is 0.263 e. The molecule has 0 bridgehead atoms. The highest BCUT2D eigenvalue weighted by Gasteiger charge is 2.09. The number of carbonyl (C=O) groups excluding carboxylic acids is 1. The summed E-state index contributed by atoms with van der Waals surface area (Å²) in [7, 11) is 0. The van der Waals surface area contributed by atoms with Crippen LogP contribution in [0.3, 0.4) is 0 Å². The van der Waals surface area contributed by atoms with Crippen LogP contribution in [0.1, 0.15) is 18.1 Å². The summed E-state index contributed by atoms with van der Waals surface area (Å²) in [5.41, 5.74) is 1.85. The zero-order chi connectivity index (χ0) is 14.5. The Kier molecular flexibility index (Phi) is 4.63. The van der Waals surface area contributed by atoms with Gasteiger partial charge in [-0.05, 0) is 37.1 Å². The number of rotatable bonds is 5. The highest BCUT2D eigenvalue weighted by molar-refractivity contribution is 6.30. The molecule has 0 aliphatic carbocycles. The number of anilines is 1. The standard InChI is InChI=1S/C14H16ClN3O2/c1-3-10-7-16-18-14(10)17-13(19)8-20-12-5-4-11(15)6-9(12)2/h4-7H,3,8H2,1-2H3,(H2,16,17,18,19). The van der Waals surface area contributed by atoms with Gasteiger partial charge in [0.15, 0.2) is 6.61 Å². The molecule has 2 N–H and O–H groups in total. The maximum atomic E-state index is 11.8. The van der Waals surface area contributed by atoms with Crippen LogP contribution in [0.5, 0.6) is 5.75 Å². The van der Waals surface area contributed by atoms with E-state index >= 15 is 0 Å². The predicted octanol–water partition coefficient (Wildman–Crippen LogP) is 2.95. The SMILES string of the molecule is CCc1cn[nH]c1NC(=O)COc1ccc(Cl)cc1C. The van der Waals surface area contributed by atoms with E-state index in [0.29, 0.717) is 16.6 Å². The summed E-state index contributed by atoms with van der Waals surface area (Å²) in [4.78, 5) is 11.8. The van der Waals surface area contributed by atoms with Crippen LogP contribution < -0.4 is 10.1 Å². The summed E-state index contributed by atoms with van der Waals surface area (Å²) >= 11 is 5.86. The van der Waals surface area contributed by atoms with Crippen molar-refractivity contribution in [1.82, 2.24) is 10.2 Å². The van der Waals surface area contributed by atoms with Crippen molar-refractivity contribution in [1.29, 1.82) is 0 Å². The topological polar surface area (TPSA) is 67.0 Å². The molecular weight excluding hydrogens is 278 g/mol. The molecule has 1 heterocycles. The number of H-pyrrole nitrogens is 1. The van der Waals surface area contributed by atoms with Gasteiger partial charge in [0, 0.05) is 10.6 Å². The summed E-state index contributed by atoms with van der Waals surface area (Å²) < 4.78 is 5.47. The van der Waals surface area contributed by atoms with Gasteiger partial charge in [0.05, 0.1) is 6.20 Å². The van der Waals surface area contributed by atoms with Gasteiger partial charge in [0.25, 0.3) is 5.91 Å². The van der Waals surface area contributed by atoms with Gasteiger partial charge >= 0.3 is 0 Å². The fourth-order valence-corrected chi connectivity index (χ4v) is 2.01. The van der Waals surface area contributed by atoms with Crippen LogP contribution in [0.2, 0.25) is 5.02 Å². The highest BCUT2D eigenvalue weighted by Crippen LogP contribution is 2.21. The van der Waals surface area contributed by atoms with Crippen molar-refractivity contribution in [3.63, 3.8) is 0 Å². The molecule has 0 atom stereocenters. The van der Waals surface area contributed by atoms with Crippen molar-refractivity contribution in [2.75, 3.05) is 11.9 Å².